The maximum Gasteiger partial charge on any atom is 0.224 e. The number of Topliss-reactive ketones (excluding diaryl/α,β-unsaturated/α-hetero) is 1. The highest BCUT2D eigenvalue weighted by Gasteiger charge is 2.36. The molecule has 0 radical (unpaired) electrons. The van der Waals surface area contributed by atoms with Crippen LogP contribution in [0.2, 0.25) is 0 Å². The summed E-state index contributed by atoms with van der Waals surface area (Å²) in [5, 5.41) is -0.772. The Labute approximate surface area is 91.7 Å². The molecule has 1 saturated carbocycles. The number of nitrogens with zero attached hydrogens (tertiary/aromatic N) is 1. The van der Waals surface area contributed by atoms with Gasteiger partial charge < -0.3 is 0 Å². The van der Waals surface area contributed by atoms with Crippen LogP contribution in [-0.4, -0.2) is 36.8 Å². The summed E-state index contributed by atoms with van der Waals surface area (Å²) >= 11 is 0. The SMILES string of the molecule is CCN(CC)S(=O)(=O)C1CCCCC1=O. The Morgan fingerprint density at radius 3 is 2.33 bits per heavy atom. The van der Waals surface area contributed by atoms with Gasteiger partial charge in [0, 0.05) is 19.5 Å². The van der Waals surface area contributed by atoms with Gasteiger partial charge in [0.1, 0.15) is 5.25 Å². The number of ketones is 1. The van der Waals surface area contributed by atoms with E-state index in [-0.39, 0.29) is 5.78 Å². The quantitative estimate of drug-likeness (QED) is 0.732. The molecule has 15 heavy (non-hydrogen) atoms. The fourth-order valence-corrected chi connectivity index (χ4v) is 4.02. The van der Waals surface area contributed by atoms with E-state index in [1.807, 2.05) is 0 Å². The molecule has 1 aliphatic carbocycles. The van der Waals surface area contributed by atoms with E-state index >= 15 is 0 Å². The molecule has 4 nitrogen and oxygen atoms in total. The summed E-state index contributed by atoms with van der Waals surface area (Å²) in [5.74, 6) is -0.104. The summed E-state index contributed by atoms with van der Waals surface area (Å²) in [4.78, 5) is 11.6. The van der Waals surface area contributed by atoms with E-state index in [1.165, 1.54) is 4.31 Å². The Morgan fingerprint density at radius 2 is 1.87 bits per heavy atom. The second-order valence-corrected chi connectivity index (χ2v) is 5.95. The van der Waals surface area contributed by atoms with Crippen LogP contribution in [0, 0.1) is 0 Å². The van der Waals surface area contributed by atoms with Crippen molar-refractivity contribution in [3.05, 3.63) is 0 Å². The topological polar surface area (TPSA) is 54.5 Å². The molecule has 0 bridgehead atoms. The van der Waals surface area contributed by atoms with Gasteiger partial charge in [-0.25, -0.2) is 12.7 Å². The van der Waals surface area contributed by atoms with Crippen LogP contribution >= 0.6 is 0 Å². The second kappa shape index (κ2) is 5.07. The molecule has 0 aliphatic heterocycles. The van der Waals surface area contributed by atoms with Crippen LogP contribution in [-0.2, 0) is 14.8 Å². The minimum absolute atomic E-state index is 0.104. The zero-order chi connectivity index (χ0) is 11.5. The fourth-order valence-electron chi connectivity index (χ4n) is 2.03. The number of hydrogen-bond acceptors (Lipinski definition) is 3. The predicted octanol–water partition coefficient (Wildman–Crippen LogP) is 1.17. The Morgan fingerprint density at radius 1 is 1.27 bits per heavy atom. The van der Waals surface area contributed by atoms with Gasteiger partial charge in [0.15, 0.2) is 5.78 Å². The van der Waals surface area contributed by atoms with Crippen LogP contribution in [0.15, 0.2) is 0 Å². The van der Waals surface area contributed by atoms with E-state index in [2.05, 4.69) is 0 Å². The predicted molar refractivity (Wildman–Crippen MR) is 59.1 cm³/mol. The number of rotatable bonds is 4. The molecule has 1 aliphatic rings. The highest BCUT2D eigenvalue weighted by atomic mass is 32.2. The first kappa shape index (κ1) is 12.6. The van der Waals surface area contributed by atoms with Crippen LogP contribution in [0.4, 0.5) is 0 Å². The average Bonchev–Trinajstić information content (AvgIpc) is 2.19. The van der Waals surface area contributed by atoms with Crippen molar-refractivity contribution in [1.29, 1.82) is 0 Å². The summed E-state index contributed by atoms with van der Waals surface area (Å²) in [5.41, 5.74) is 0. The van der Waals surface area contributed by atoms with E-state index in [1.54, 1.807) is 13.8 Å². The number of carbonyl (C=O) groups excluding carboxylic acids is 1. The molecule has 0 heterocycles. The summed E-state index contributed by atoms with van der Waals surface area (Å²) < 4.78 is 25.5. The lowest BCUT2D eigenvalue weighted by Crippen LogP contribution is -2.43. The molecular weight excluding hydrogens is 214 g/mol. The van der Waals surface area contributed by atoms with Crippen molar-refractivity contribution in [3.63, 3.8) is 0 Å². The molecule has 88 valence electrons. The van der Waals surface area contributed by atoms with Crippen molar-refractivity contribution in [3.8, 4) is 0 Å². The van der Waals surface area contributed by atoms with Crippen LogP contribution in [0.3, 0.4) is 0 Å². The van der Waals surface area contributed by atoms with Crippen LogP contribution in [0.25, 0.3) is 0 Å². The normalized spacial score (nSPS) is 23.4. The third-order valence-electron chi connectivity index (χ3n) is 2.92. The van der Waals surface area contributed by atoms with E-state index in [9.17, 15) is 13.2 Å². The van der Waals surface area contributed by atoms with Crippen molar-refractivity contribution in [2.24, 2.45) is 0 Å². The van der Waals surface area contributed by atoms with Crippen LogP contribution < -0.4 is 0 Å². The van der Waals surface area contributed by atoms with Gasteiger partial charge in [0.2, 0.25) is 10.0 Å². The summed E-state index contributed by atoms with van der Waals surface area (Å²) in [7, 11) is -3.39. The molecule has 0 N–H and O–H groups in total. The molecule has 0 amide bonds. The van der Waals surface area contributed by atoms with Crippen molar-refractivity contribution in [2.45, 2.75) is 44.8 Å². The number of hydrogen-bond donors (Lipinski definition) is 0. The van der Waals surface area contributed by atoms with Crippen molar-refractivity contribution >= 4 is 15.8 Å². The van der Waals surface area contributed by atoms with Gasteiger partial charge in [-0.05, 0) is 12.8 Å². The number of sulfonamides is 1. The lowest BCUT2D eigenvalue weighted by atomic mass is 9.99. The van der Waals surface area contributed by atoms with E-state index < -0.39 is 15.3 Å². The van der Waals surface area contributed by atoms with Crippen LogP contribution in [0.5, 0.6) is 0 Å². The maximum absolute atomic E-state index is 12.1. The molecule has 0 spiro atoms. The molecule has 0 saturated heterocycles. The Kier molecular flexibility index (Phi) is 4.28. The zero-order valence-corrected chi connectivity index (χ0v) is 10.2. The first-order chi connectivity index (χ1) is 7.04. The van der Waals surface area contributed by atoms with Crippen molar-refractivity contribution in [2.75, 3.05) is 13.1 Å². The Balaban J connectivity index is 2.88. The second-order valence-electron chi connectivity index (χ2n) is 3.83. The summed E-state index contributed by atoms with van der Waals surface area (Å²) in [6.45, 7) is 4.49. The first-order valence-electron chi connectivity index (χ1n) is 5.55. The molecule has 5 heteroatoms. The van der Waals surface area contributed by atoms with Gasteiger partial charge in [-0.15, -0.1) is 0 Å². The van der Waals surface area contributed by atoms with E-state index in [0.717, 1.165) is 12.8 Å². The average molecular weight is 233 g/mol. The van der Waals surface area contributed by atoms with Crippen molar-refractivity contribution < 1.29 is 13.2 Å². The molecule has 1 rings (SSSR count). The molecule has 1 atom stereocenters. The van der Waals surface area contributed by atoms with Gasteiger partial charge in [0.05, 0.1) is 0 Å². The van der Waals surface area contributed by atoms with Gasteiger partial charge >= 0.3 is 0 Å². The smallest absolute Gasteiger partial charge is 0.224 e. The molecule has 1 fully saturated rings. The minimum atomic E-state index is -3.39. The lowest BCUT2D eigenvalue weighted by molar-refractivity contribution is -0.119. The van der Waals surface area contributed by atoms with Gasteiger partial charge in [-0.3, -0.25) is 4.79 Å². The molecule has 0 aromatic carbocycles. The van der Waals surface area contributed by atoms with Crippen LogP contribution in [0.1, 0.15) is 39.5 Å². The minimum Gasteiger partial charge on any atom is -0.298 e. The summed E-state index contributed by atoms with van der Waals surface area (Å²) in [6, 6.07) is 0. The first-order valence-corrected chi connectivity index (χ1v) is 7.06. The zero-order valence-electron chi connectivity index (χ0n) is 9.40. The van der Waals surface area contributed by atoms with Gasteiger partial charge in [0.25, 0.3) is 0 Å². The summed E-state index contributed by atoms with van der Waals surface area (Å²) in [6.07, 6.45) is 2.60. The maximum atomic E-state index is 12.1. The highest BCUT2D eigenvalue weighted by Crippen LogP contribution is 2.23. The van der Waals surface area contributed by atoms with Gasteiger partial charge in [-0.2, -0.15) is 0 Å². The highest BCUT2D eigenvalue weighted by molar-refractivity contribution is 7.90. The van der Waals surface area contributed by atoms with Gasteiger partial charge in [-0.1, -0.05) is 20.3 Å². The molecule has 0 aromatic rings. The standard InChI is InChI=1S/C10H19NO3S/c1-3-11(4-2)15(13,14)10-8-6-5-7-9(10)12/h10H,3-8H2,1-2H3. The van der Waals surface area contributed by atoms with Crippen molar-refractivity contribution in [1.82, 2.24) is 4.31 Å². The third-order valence-corrected chi connectivity index (χ3v) is 5.38. The molecule has 0 aromatic heterocycles. The monoisotopic (exact) mass is 233 g/mol. The largest absolute Gasteiger partial charge is 0.298 e. The lowest BCUT2D eigenvalue weighted by Gasteiger charge is -2.27. The van der Waals surface area contributed by atoms with E-state index in [4.69, 9.17) is 0 Å². The molecular formula is C10H19NO3S. The third kappa shape index (κ3) is 2.58. The Hall–Kier alpha value is -0.420. The molecule has 1 unspecified atom stereocenters. The fraction of sp³-hybridized carbons (Fsp3) is 0.900. The van der Waals surface area contributed by atoms with E-state index in [0.29, 0.717) is 25.9 Å². The number of carbonyl (C=O) groups is 1. The Bertz CT molecular complexity index is 320.